The van der Waals surface area contributed by atoms with Gasteiger partial charge in [0.05, 0.1) is 24.5 Å². The van der Waals surface area contributed by atoms with Crippen molar-refractivity contribution in [3.05, 3.63) is 47.5 Å². The van der Waals surface area contributed by atoms with E-state index >= 15 is 0 Å². The highest BCUT2D eigenvalue weighted by atomic mass is 16.5. The fraction of sp³-hybridized carbons (Fsp3) is 0.450. The van der Waals surface area contributed by atoms with E-state index in [4.69, 9.17) is 4.74 Å². The van der Waals surface area contributed by atoms with E-state index in [2.05, 4.69) is 25.3 Å². The average Bonchev–Trinajstić information content (AvgIpc) is 3.41. The number of ether oxygens (including phenoxy) is 1. The van der Waals surface area contributed by atoms with E-state index in [1.807, 2.05) is 46.7 Å². The first-order valence-electron chi connectivity index (χ1n) is 9.96. The Bertz CT molecular complexity index is 1030. The number of aromatic nitrogens is 5. The Kier molecular flexibility index (Phi) is 4.59. The number of aryl methyl sites for hydroxylation is 1. The third-order valence-corrected chi connectivity index (χ3v) is 5.64. The number of anilines is 1. The van der Waals surface area contributed by atoms with Crippen LogP contribution in [0.3, 0.4) is 0 Å². The molecule has 0 aliphatic carbocycles. The summed E-state index contributed by atoms with van der Waals surface area (Å²) in [6, 6.07) is 7.67. The predicted octanol–water partition coefficient (Wildman–Crippen LogP) is 1.29. The Morgan fingerprint density at radius 3 is 2.69 bits per heavy atom. The molecule has 2 aliphatic heterocycles. The summed E-state index contributed by atoms with van der Waals surface area (Å²) < 4.78 is 7.31. The molecule has 1 unspecified atom stereocenters. The first-order chi connectivity index (χ1) is 14.2. The summed E-state index contributed by atoms with van der Waals surface area (Å²) >= 11 is 0. The first-order valence-corrected chi connectivity index (χ1v) is 9.96. The van der Waals surface area contributed by atoms with Crippen LogP contribution < -0.4 is 4.90 Å². The molecule has 3 aromatic rings. The second-order valence-electron chi connectivity index (χ2n) is 7.57. The largest absolute Gasteiger partial charge is 0.378 e. The van der Waals surface area contributed by atoms with Gasteiger partial charge in [-0.2, -0.15) is 5.10 Å². The van der Waals surface area contributed by atoms with E-state index in [1.165, 1.54) is 0 Å². The lowest BCUT2D eigenvalue weighted by molar-refractivity contribution is 0.0302. The lowest BCUT2D eigenvalue weighted by Gasteiger charge is -2.26. The van der Waals surface area contributed by atoms with Crippen molar-refractivity contribution in [2.24, 2.45) is 0 Å². The standard InChI is InChI=1S/C20H23N7O2/c1-14-2-4-17(22-21-14)26-7-6-15(12-26)19-24-23-18-5-3-16(13-27(18)19)20(28)25-8-10-29-11-9-25/h2-5,13,15H,6-12H2,1H3. The Hall–Kier alpha value is -3.07. The maximum absolute atomic E-state index is 12.9. The van der Waals surface area contributed by atoms with Crippen LogP contribution >= 0.6 is 0 Å². The van der Waals surface area contributed by atoms with Gasteiger partial charge < -0.3 is 14.5 Å². The van der Waals surface area contributed by atoms with Crippen molar-refractivity contribution in [3.63, 3.8) is 0 Å². The average molecular weight is 393 g/mol. The molecule has 0 N–H and O–H groups in total. The molecule has 0 spiro atoms. The molecule has 5 rings (SSSR count). The summed E-state index contributed by atoms with van der Waals surface area (Å²) in [5.41, 5.74) is 2.32. The maximum Gasteiger partial charge on any atom is 0.255 e. The number of fused-ring (bicyclic) bond motifs is 1. The van der Waals surface area contributed by atoms with E-state index in [9.17, 15) is 4.79 Å². The third kappa shape index (κ3) is 3.42. The Balaban J connectivity index is 1.39. The molecule has 150 valence electrons. The molecule has 0 bridgehead atoms. The molecule has 29 heavy (non-hydrogen) atoms. The molecule has 1 amide bonds. The highest BCUT2D eigenvalue weighted by Crippen LogP contribution is 2.29. The molecule has 0 aromatic carbocycles. The van der Waals surface area contributed by atoms with Crippen molar-refractivity contribution in [1.82, 2.24) is 29.7 Å². The van der Waals surface area contributed by atoms with E-state index in [0.717, 1.165) is 42.5 Å². The van der Waals surface area contributed by atoms with Gasteiger partial charge in [0.1, 0.15) is 5.82 Å². The first kappa shape index (κ1) is 18.0. The molecular weight excluding hydrogens is 370 g/mol. The van der Waals surface area contributed by atoms with Crippen molar-refractivity contribution in [1.29, 1.82) is 0 Å². The summed E-state index contributed by atoms with van der Waals surface area (Å²) in [5, 5.41) is 17.2. The van der Waals surface area contributed by atoms with Gasteiger partial charge in [-0.25, -0.2) is 0 Å². The van der Waals surface area contributed by atoms with E-state index < -0.39 is 0 Å². The topological polar surface area (TPSA) is 88.8 Å². The minimum Gasteiger partial charge on any atom is -0.378 e. The van der Waals surface area contributed by atoms with Crippen molar-refractivity contribution in [3.8, 4) is 0 Å². The third-order valence-electron chi connectivity index (χ3n) is 5.64. The molecule has 1 atom stereocenters. The van der Waals surface area contributed by atoms with Gasteiger partial charge in [0.15, 0.2) is 11.5 Å². The minimum absolute atomic E-state index is 0.0258. The van der Waals surface area contributed by atoms with Crippen LogP contribution in [0.1, 0.15) is 34.2 Å². The smallest absolute Gasteiger partial charge is 0.255 e. The Labute approximate surface area is 168 Å². The number of carbonyl (C=O) groups excluding carboxylic acids is 1. The molecule has 0 radical (unpaired) electrons. The monoisotopic (exact) mass is 393 g/mol. The molecule has 2 saturated heterocycles. The van der Waals surface area contributed by atoms with Gasteiger partial charge in [0.2, 0.25) is 0 Å². The zero-order valence-corrected chi connectivity index (χ0v) is 16.4. The second kappa shape index (κ2) is 7.40. The molecule has 2 fully saturated rings. The summed E-state index contributed by atoms with van der Waals surface area (Å²) in [6.45, 7) is 6.06. The number of nitrogens with zero attached hydrogens (tertiary/aromatic N) is 7. The number of rotatable bonds is 3. The van der Waals surface area contributed by atoms with Crippen LogP contribution in [0.15, 0.2) is 30.5 Å². The van der Waals surface area contributed by atoms with Crippen molar-refractivity contribution < 1.29 is 9.53 Å². The fourth-order valence-electron chi connectivity index (χ4n) is 4.00. The number of amides is 1. The molecular formula is C20H23N7O2. The molecule has 9 nitrogen and oxygen atoms in total. The van der Waals surface area contributed by atoms with Crippen LogP contribution in [-0.2, 0) is 4.74 Å². The number of pyridine rings is 1. The molecule has 3 aromatic heterocycles. The Morgan fingerprint density at radius 2 is 1.90 bits per heavy atom. The maximum atomic E-state index is 12.9. The lowest BCUT2D eigenvalue weighted by Crippen LogP contribution is -2.40. The zero-order chi connectivity index (χ0) is 19.8. The van der Waals surface area contributed by atoms with Gasteiger partial charge in [0.25, 0.3) is 5.91 Å². The van der Waals surface area contributed by atoms with Crippen molar-refractivity contribution in [2.45, 2.75) is 19.3 Å². The second-order valence-corrected chi connectivity index (χ2v) is 7.57. The molecule has 9 heteroatoms. The van der Waals surface area contributed by atoms with Crippen LogP contribution in [-0.4, -0.2) is 75.0 Å². The van der Waals surface area contributed by atoms with Crippen LogP contribution in [0.2, 0.25) is 0 Å². The van der Waals surface area contributed by atoms with Crippen LogP contribution in [0.4, 0.5) is 5.82 Å². The predicted molar refractivity (Wildman–Crippen MR) is 106 cm³/mol. The summed E-state index contributed by atoms with van der Waals surface area (Å²) in [6.07, 6.45) is 2.83. The number of carbonyl (C=O) groups is 1. The molecule has 0 saturated carbocycles. The van der Waals surface area contributed by atoms with E-state index in [0.29, 0.717) is 31.9 Å². The van der Waals surface area contributed by atoms with E-state index in [1.54, 1.807) is 0 Å². The van der Waals surface area contributed by atoms with E-state index in [-0.39, 0.29) is 11.8 Å². The summed E-state index contributed by atoms with van der Waals surface area (Å²) in [7, 11) is 0. The quantitative estimate of drug-likeness (QED) is 0.662. The van der Waals surface area contributed by atoms with Crippen LogP contribution in [0.5, 0.6) is 0 Å². The zero-order valence-electron chi connectivity index (χ0n) is 16.4. The Morgan fingerprint density at radius 1 is 1.03 bits per heavy atom. The van der Waals surface area contributed by atoms with Gasteiger partial charge in [-0.15, -0.1) is 15.3 Å². The SMILES string of the molecule is Cc1ccc(N2CCC(c3nnc4ccc(C(=O)N5CCOCC5)cn34)C2)nn1. The number of morpholine rings is 1. The van der Waals surface area contributed by atoms with Gasteiger partial charge in [-0.1, -0.05) is 0 Å². The minimum atomic E-state index is 0.0258. The van der Waals surface area contributed by atoms with Gasteiger partial charge >= 0.3 is 0 Å². The summed E-state index contributed by atoms with van der Waals surface area (Å²) in [4.78, 5) is 16.9. The van der Waals surface area contributed by atoms with Gasteiger partial charge in [-0.3, -0.25) is 9.20 Å². The molecule has 5 heterocycles. The summed E-state index contributed by atoms with van der Waals surface area (Å²) in [5.74, 6) is 2.02. The van der Waals surface area contributed by atoms with Crippen LogP contribution in [0.25, 0.3) is 5.65 Å². The number of hydrogen-bond donors (Lipinski definition) is 0. The fourth-order valence-corrected chi connectivity index (χ4v) is 4.00. The molecule has 2 aliphatic rings. The van der Waals surface area contributed by atoms with Crippen molar-refractivity contribution in [2.75, 3.05) is 44.3 Å². The normalized spacial score (nSPS) is 19.8. The highest BCUT2D eigenvalue weighted by molar-refractivity contribution is 5.94. The van der Waals surface area contributed by atoms with Gasteiger partial charge in [0, 0.05) is 38.3 Å². The van der Waals surface area contributed by atoms with Crippen molar-refractivity contribution >= 4 is 17.4 Å². The number of hydrogen-bond acceptors (Lipinski definition) is 7. The van der Waals surface area contributed by atoms with Crippen LogP contribution in [0, 0.1) is 6.92 Å². The highest BCUT2D eigenvalue weighted by Gasteiger charge is 2.29. The van der Waals surface area contributed by atoms with Gasteiger partial charge in [-0.05, 0) is 37.6 Å². The lowest BCUT2D eigenvalue weighted by atomic mass is 10.1.